The van der Waals surface area contributed by atoms with Crippen LogP contribution < -0.4 is 0 Å². The molecule has 4 heteroatoms. The number of hydrogen-bond acceptors (Lipinski definition) is 3. The molecule has 110 valence electrons. The van der Waals surface area contributed by atoms with Crippen LogP contribution in [0.25, 0.3) is 0 Å². The fraction of sp³-hybridized carbons (Fsp3) is 0.353. The van der Waals surface area contributed by atoms with Gasteiger partial charge in [-0.1, -0.05) is 28.1 Å². The number of thiophene rings is 1. The van der Waals surface area contributed by atoms with Crippen LogP contribution in [-0.4, -0.2) is 23.8 Å². The Balaban J connectivity index is 1.62. The molecule has 3 rings (SSSR count). The average molecular weight is 364 g/mol. The van der Waals surface area contributed by atoms with Crippen molar-refractivity contribution in [2.75, 3.05) is 13.1 Å². The number of nitrogens with zero attached hydrogens (tertiary/aromatic N) is 1. The van der Waals surface area contributed by atoms with Gasteiger partial charge in [-0.05, 0) is 42.5 Å². The van der Waals surface area contributed by atoms with Crippen molar-refractivity contribution in [3.05, 3.63) is 56.2 Å². The van der Waals surface area contributed by atoms with E-state index in [0.717, 1.165) is 29.5 Å². The number of fused-ring (bicyclic) bond motifs is 1. The smallest absolute Gasteiger partial charge is 0.164 e. The second kappa shape index (κ2) is 6.42. The number of carbonyl (C=O) groups excluding carboxylic acids is 1. The Morgan fingerprint density at radius 3 is 3.10 bits per heavy atom. The molecule has 1 aliphatic rings. The molecule has 0 fully saturated rings. The first kappa shape index (κ1) is 14.9. The maximum Gasteiger partial charge on any atom is 0.164 e. The molecule has 0 aliphatic carbocycles. The average Bonchev–Trinajstić information content (AvgIpc) is 2.95. The van der Waals surface area contributed by atoms with Crippen LogP contribution in [0.15, 0.2) is 40.2 Å². The van der Waals surface area contributed by atoms with Gasteiger partial charge in [-0.2, -0.15) is 0 Å². The summed E-state index contributed by atoms with van der Waals surface area (Å²) in [5.41, 5.74) is 2.24. The predicted octanol–water partition coefficient (Wildman–Crippen LogP) is 4.70. The Morgan fingerprint density at radius 2 is 2.29 bits per heavy atom. The topological polar surface area (TPSA) is 20.3 Å². The lowest BCUT2D eigenvalue weighted by Crippen LogP contribution is -2.34. The molecule has 0 bridgehead atoms. The van der Waals surface area contributed by atoms with Crippen LogP contribution in [0, 0.1) is 0 Å². The quantitative estimate of drug-likeness (QED) is 0.733. The van der Waals surface area contributed by atoms with E-state index in [9.17, 15) is 4.79 Å². The third-order valence-corrected chi connectivity index (χ3v) is 5.67. The summed E-state index contributed by atoms with van der Waals surface area (Å²) >= 11 is 5.27. The van der Waals surface area contributed by atoms with Gasteiger partial charge in [-0.15, -0.1) is 11.3 Å². The van der Waals surface area contributed by atoms with Crippen molar-refractivity contribution in [3.8, 4) is 0 Å². The fourth-order valence-corrected chi connectivity index (χ4v) is 4.28. The third-order valence-electron chi connectivity index (χ3n) is 4.18. The molecule has 1 atom stereocenters. The van der Waals surface area contributed by atoms with Crippen molar-refractivity contribution in [2.45, 2.75) is 25.8 Å². The highest BCUT2D eigenvalue weighted by Gasteiger charge is 2.24. The van der Waals surface area contributed by atoms with Gasteiger partial charge in [0.25, 0.3) is 0 Å². The number of ketones is 1. The van der Waals surface area contributed by atoms with E-state index in [4.69, 9.17) is 0 Å². The zero-order valence-corrected chi connectivity index (χ0v) is 14.4. The maximum atomic E-state index is 12.3. The lowest BCUT2D eigenvalue weighted by Gasteiger charge is -2.33. The zero-order chi connectivity index (χ0) is 14.8. The fourth-order valence-electron chi connectivity index (χ4n) is 2.92. The minimum absolute atomic E-state index is 0.222. The molecule has 1 aromatic heterocycles. The molecule has 0 N–H and O–H groups in total. The van der Waals surface area contributed by atoms with Gasteiger partial charge in [-0.25, -0.2) is 0 Å². The van der Waals surface area contributed by atoms with Gasteiger partial charge in [0, 0.05) is 40.5 Å². The van der Waals surface area contributed by atoms with Gasteiger partial charge in [-0.3, -0.25) is 9.69 Å². The van der Waals surface area contributed by atoms with E-state index >= 15 is 0 Å². The van der Waals surface area contributed by atoms with Crippen LogP contribution in [0.2, 0.25) is 0 Å². The van der Waals surface area contributed by atoms with Crippen molar-refractivity contribution in [3.63, 3.8) is 0 Å². The lowest BCUT2D eigenvalue weighted by molar-refractivity contribution is 0.0949. The van der Waals surface area contributed by atoms with E-state index in [-0.39, 0.29) is 5.78 Å². The molecule has 0 amide bonds. The molecule has 2 aromatic rings. The number of rotatable bonds is 4. The van der Waals surface area contributed by atoms with Crippen molar-refractivity contribution in [1.29, 1.82) is 0 Å². The van der Waals surface area contributed by atoms with Gasteiger partial charge in [0.2, 0.25) is 0 Å². The van der Waals surface area contributed by atoms with E-state index in [1.807, 2.05) is 35.6 Å². The molecule has 0 saturated carbocycles. The van der Waals surface area contributed by atoms with Gasteiger partial charge < -0.3 is 0 Å². The summed E-state index contributed by atoms with van der Waals surface area (Å²) in [6.45, 7) is 4.14. The normalized spacial score (nSPS) is 18.5. The summed E-state index contributed by atoms with van der Waals surface area (Å²) in [6, 6.07) is 10.3. The van der Waals surface area contributed by atoms with E-state index in [1.165, 1.54) is 10.4 Å². The monoisotopic (exact) mass is 363 g/mol. The first-order valence-corrected chi connectivity index (χ1v) is 8.91. The number of benzene rings is 1. The Hall–Kier alpha value is -0.970. The number of hydrogen-bond donors (Lipinski definition) is 0. The maximum absolute atomic E-state index is 12.3. The molecular formula is C17H18BrNOS. The van der Waals surface area contributed by atoms with Gasteiger partial charge in [0.15, 0.2) is 5.78 Å². The summed E-state index contributed by atoms with van der Waals surface area (Å²) in [5.74, 6) is 0.222. The molecule has 2 nitrogen and oxygen atoms in total. The molecule has 0 saturated heterocycles. The predicted molar refractivity (Wildman–Crippen MR) is 91.1 cm³/mol. The second-order valence-corrected chi connectivity index (χ2v) is 7.36. The van der Waals surface area contributed by atoms with Gasteiger partial charge in [0.05, 0.1) is 0 Å². The summed E-state index contributed by atoms with van der Waals surface area (Å²) in [5, 5.41) is 2.18. The summed E-state index contributed by atoms with van der Waals surface area (Å²) in [6.07, 6.45) is 1.70. The summed E-state index contributed by atoms with van der Waals surface area (Å²) in [7, 11) is 0. The van der Waals surface area contributed by atoms with Gasteiger partial charge in [0.1, 0.15) is 0 Å². The van der Waals surface area contributed by atoms with Crippen LogP contribution in [0.4, 0.5) is 0 Å². The first-order chi connectivity index (χ1) is 10.1. The van der Waals surface area contributed by atoms with E-state index in [1.54, 1.807) is 0 Å². The highest BCUT2D eigenvalue weighted by Crippen LogP contribution is 2.32. The molecular weight excluding hydrogens is 346 g/mol. The highest BCUT2D eigenvalue weighted by molar-refractivity contribution is 9.10. The minimum atomic E-state index is 0.222. The Morgan fingerprint density at radius 1 is 1.43 bits per heavy atom. The van der Waals surface area contributed by atoms with E-state index in [0.29, 0.717) is 12.5 Å². The van der Waals surface area contributed by atoms with Crippen LogP contribution in [0.5, 0.6) is 0 Å². The number of Topliss-reactive ketones (excluding diaryl/α,β-unsaturated/α-hetero) is 1. The molecule has 21 heavy (non-hydrogen) atoms. The van der Waals surface area contributed by atoms with E-state index in [2.05, 4.69) is 39.2 Å². The van der Waals surface area contributed by atoms with Crippen LogP contribution >= 0.6 is 27.3 Å². The van der Waals surface area contributed by atoms with Crippen LogP contribution in [-0.2, 0) is 6.42 Å². The van der Waals surface area contributed by atoms with Crippen LogP contribution in [0.3, 0.4) is 0 Å². The lowest BCUT2D eigenvalue weighted by atomic mass is 10.0. The van der Waals surface area contributed by atoms with Crippen molar-refractivity contribution < 1.29 is 4.79 Å². The number of carbonyl (C=O) groups is 1. The Kier molecular flexibility index (Phi) is 4.57. The Labute approximate surface area is 137 Å². The standard InChI is InChI=1S/C17H18BrNOS/c1-12-15-7-10-21-17(15)6-9-19(12)8-5-16(20)13-3-2-4-14(18)11-13/h2-4,7,10-12H,5-6,8-9H2,1H3. The van der Waals surface area contributed by atoms with Crippen molar-refractivity contribution in [1.82, 2.24) is 4.90 Å². The Bertz CT molecular complexity index is 652. The van der Waals surface area contributed by atoms with Gasteiger partial charge >= 0.3 is 0 Å². The molecule has 2 heterocycles. The molecule has 0 spiro atoms. The van der Waals surface area contributed by atoms with E-state index < -0.39 is 0 Å². The minimum Gasteiger partial charge on any atom is -0.296 e. The van der Waals surface area contributed by atoms with Crippen LogP contribution in [0.1, 0.15) is 40.2 Å². The van der Waals surface area contributed by atoms with Crippen molar-refractivity contribution >= 4 is 33.0 Å². The summed E-state index contributed by atoms with van der Waals surface area (Å²) in [4.78, 5) is 16.2. The third kappa shape index (κ3) is 3.28. The molecule has 1 aromatic carbocycles. The molecule has 1 unspecified atom stereocenters. The highest BCUT2D eigenvalue weighted by atomic mass is 79.9. The van der Waals surface area contributed by atoms with Crippen molar-refractivity contribution in [2.24, 2.45) is 0 Å². The summed E-state index contributed by atoms with van der Waals surface area (Å²) < 4.78 is 0.961. The number of halogens is 1. The SMILES string of the molecule is CC1c2ccsc2CCN1CCC(=O)c1cccc(Br)c1. The second-order valence-electron chi connectivity index (χ2n) is 5.44. The zero-order valence-electron chi connectivity index (χ0n) is 12.0. The molecule has 0 radical (unpaired) electrons. The first-order valence-electron chi connectivity index (χ1n) is 7.24. The largest absolute Gasteiger partial charge is 0.296 e. The molecule has 1 aliphatic heterocycles.